The topological polar surface area (TPSA) is 20.2 Å². The molecule has 0 aromatic rings. The second kappa shape index (κ2) is 3.35. The lowest BCUT2D eigenvalue weighted by Gasteiger charge is -2.37. The van der Waals surface area contributed by atoms with Crippen molar-refractivity contribution in [3.8, 4) is 0 Å². The Morgan fingerprint density at radius 2 is 1.93 bits per heavy atom. The largest absolute Gasteiger partial charge is 0.390 e. The fourth-order valence-electron chi connectivity index (χ4n) is 3.88. The second-order valence-corrected chi connectivity index (χ2v) is 6.48. The van der Waals surface area contributed by atoms with E-state index in [4.69, 9.17) is 0 Å². The van der Waals surface area contributed by atoms with Gasteiger partial charge in [-0.3, -0.25) is 0 Å². The summed E-state index contributed by atoms with van der Waals surface area (Å²) in [5, 5.41) is 10.5. The third-order valence-corrected chi connectivity index (χ3v) is 4.80. The Morgan fingerprint density at radius 3 is 2.60 bits per heavy atom. The number of aliphatic hydroxyl groups is 1. The molecule has 2 aliphatic rings. The third-order valence-electron chi connectivity index (χ3n) is 4.80. The normalized spacial score (nSPS) is 44.9. The molecular weight excluding hydrogens is 184 g/mol. The molecule has 0 unspecified atom stereocenters. The summed E-state index contributed by atoms with van der Waals surface area (Å²) in [6, 6.07) is 0. The molecule has 2 rings (SSSR count). The van der Waals surface area contributed by atoms with E-state index < -0.39 is 5.60 Å². The van der Waals surface area contributed by atoms with Crippen LogP contribution < -0.4 is 0 Å². The van der Waals surface area contributed by atoms with Crippen LogP contribution in [-0.4, -0.2) is 10.7 Å². The first-order valence-corrected chi connectivity index (χ1v) is 6.25. The molecule has 0 amide bonds. The second-order valence-electron chi connectivity index (χ2n) is 6.48. The molecule has 2 aliphatic carbocycles. The van der Waals surface area contributed by atoms with E-state index in [9.17, 15) is 5.11 Å². The van der Waals surface area contributed by atoms with Crippen molar-refractivity contribution in [2.24, 2.45) is 17.3 Å². The first kappa shape index (κ1) is 11.2. The predicted octanol–water partition coefficient (Wildman–Crippen LogP) is 3.53. The van der Waals surface area contributed by atoms with Crippen molar-refractivity contribution in [3.05, 3.63) is 12.2 Å². The molecule has 1 N–H and O–H groups in total. The minimum atomic E-state index is -0.497. The monoisotopic (exact) mass is 208 g/mol. The molecule has 0 aromatic carbocycles. The maximum absolute atomic E-state index is 10.5. The summed E-state index contributed by atoms with van der Waals surface area (Å²) in [6.45, 7) is 11.0. The van der Waals surface area contributed by atoms with Crippen molar-refractivity contribution in [2.75, 3.05) is 0 Å². The molecule has 86 valence electrons. The van der Waals surface area contributed by atoms with E-state index in [-0.39, 0.29) is 0 Å². The lowest BCUT2D eigenvalue weighted by Crippen LogP contribution is -2.36. The highest BCUT2D eigenvalue weighted by molar-refractivity contribution is 5.16. The van der Waals surface area contributed by atoms with Crippen molar-refractivity contribution in [2.45, 2.75) is 58.5 Å². The summed E-state index contributed by atoms with van der Waals surface area (Å²) in [5.74, 6) is 0.984. The highest BCUT2D eigenvalue weighted by atomic mass is 16.3. The molecule has 0 aliphatic heterocycles. The summed E-state index contributed by atoms with van der Waals surface area (Å²) < 4.78 is 0. The fourth-order valence-corrected chi connectivity index (χ4v) is 3.88. The number of hydrogen-bond donors (Lipinski definition) is 1. The number of fused-ring (bicyclic) bond motifs is 1. The summed E-state index contributed by atoms with van der Waals surface area (Å²) >= 11 is 0. The third kappa shape index (κ3) is 1.75. The fraction of sp³-hybridized carbons (Fsp3) is 0.857. The van der Waals surface area contributed by atoms with Crippen molar-refractivity contribution >= 4 is 0 Å². The summed E-state index contributed by atoms with van der Waals surface area (Å²) in [5.41, 5.74) is 1.18. The van der Waals surface area contributed by atoms with Gasteiger partial charge < -0.3 is 5.11 Å². The van der Waals surface area contributed by atoms with Gasteiger partial charge in [0.05, 0.1) is 5.60 Å². The van der Waals surface area contributed by atoms with Gasteiger partial charge in [-0.25, -0.2) is 0 Å². The van der Waals surface area contributed by atoms with E-state index in [1.54, 1.807) is 0 Å². The molecule has 0 heterocycles. The number of hydrogen-bond acceptors (Lipinski definition) is 1. The Balaban J connectivity index is 2.35. The average Bonchev–Trinajstić information content (AvgIpc) is 2.34. The van der Waals surface area contributed by atoms with E-state index in [0.717, 1.165) is 12.8 Å². The minimum absolute atomic E-state index is 0.343. The Kier molecular flexibility index (Phi) is 2.50. The lowest BCUT2D eigenvalue weighted by molar-refractivity contribution is 0.0120. The zero-order chi connectivity index (χ0) is 11.3. The van der Waals surface area contributed by atoms with Gasteiger partial charge in [-0.05, 0) is 50.4 Å². The van der Waals surface area contributed by atoms with Gasteiger partial charge in [-0.1, -0.05) is 26.0 Å². The van der Waals surface area contributed by atoms with Gasteiger partial charge in [0.2, 0.25) is 0 Å². The van der Waals surface area contributed by atoms with Gasteiger partial charge in [0.1, 0.15) is 0 Å². The maximum Gasteiger partial charge on any atom is 0.0687 e. The Morgan fingerprint density at radius 1 is 1.27 bits per heavy atom. The van der Waals surface area contributed by atoms with Crippen molar-refractivity contribution < 1.29 is 5.11 Å². The molecule has 0 saturated heterocycles. The lowest BCUT2D eigenvalue weighted by atomic mass is 9.69. The van der Waals surface area contributed by atoms with Crippen LogP contribution in [0.1, 0.15) is 52.9 Å². The molecule has 0 radical (unpaired) electrons. The minimum Gasteiger partial charge on any atom is -0.390 e. The van der Waals surface area contributed by atoms with Crippen LogP contribution in [0.2, 0.25) is 0 Å². The molecule has 3 atom stereocenters. The highest BCUT2D eigenvalue weighted by Gasteiger charge is 2.51. The van der Waals surface area contributed by atoms with Crippen molar-refractivity contribution in [1.29, 1.82) is 0 Å². The highest BCUT2D eigenvalue weighted by Crippen LogP contribution is 2.55. The molecule has 0 aromatic heterocycles. The zero-order valence-electron chi connectivity index (χ0n) is 10.3. The van der Waals surface area contributed by atoms with Crippen LogP contribution in [0.5, 0.6) is 0 Å². The molecule has 1 heteroatoms. The van der Waals surface area contributed by atoms with E-state index in [1.165, 1.54) is 24.8 Å². The SMILES string of the molecule is C=C1CCCC(C)(C)[C@@H]2CC[C@@](C)(O)[C@H]12. The summed E-state index contributed by atoms with van der Waals surface area (Å²) in [7, 11) is 0. The predicted molar refractivity (Wildman–Crippen MR) is 63.6 cm³/mol. The zero-order valence-corrected chi connectivity index (χ0v) is 10.3. The van der Waals surface area contributed by atoms with E-state index in [2.05, 4.69) is 20.4 Å². The molecule has 1 nitrogen and oxygen atoms in total. The van der Waals surface area contributed by atoms with Crippen LogP contribution >= 0.6 is 0 Å². The molecule has 15 heavy (non-hydrogen) atoms. The van der Waals surface area contributed by atoms with Crippen LogP contribution in [-0.2, 0) is 0 Å². The smallest absolute Gasteiger partial charge is 0.0687 e. The van der Waals surface area contributed by atoms with Gasteiger partial charge >= 0.3 is 0 Å². The van der Waals surface area contributed by atoms with Gasteiger partial charge in [0.15, 0.2) is 0 Å². The molecule has 0 spiro atoms. The van der Waals surface area contributed by atoms with E-state index >= 15 is 0 Å². The van der Waals surface area contributed by atoms with Crippen LogP contribution in [0.15, 0.2) is 12.2 Å². The van der Waals surface area contributed by atoms with Crippen LogP contribution in [0.3, 0.4) is 0 Å². The first-order valence-electron chi connectivity index (χ1n) is 6.25. The maximum atomic E-state index is 10.5. The molecule has 0 bridgehead atoms. The van der Waals surface area contributed by atoms with Crippen LogP contribution in [0, 0.1) is 17.3 Å². The van der Waals surface area contributed by atoms with E-state index in [0.29, 0.717) is 17.3 Å². The Labute approximate surface area is 93.6 Å². The van der Waals surface area contributed by atoms with Crippen LogP contribution in [0.25, 0.3) is 0 Å². The van der Waals surface area contributed by atoms with Gasteiger partial charge in [0, 0.05) is 5.92 Å². The van der Waals surface area contributed by atoms with Gasteiger partial charge in [0.25, 0.3) is 0 Å². The average molecular weight is 208 g/mol. The summed E-state index contributed by atoms with van der Waals surface area (Å²) in [6.07, 6.45) is 5.76. The van der Waals surface area contributed by atoms with Gasteiger partial charge in [-0.15, -0.1) is 0 Å². The van der Waals surface area contributed by atoms with E-state index in [1.807, 2.05) is 6.92 Å². The van der Waals surface area contributed by atoms with Crippen LogP contribution in [0.4, 0.5) is 0 Å². The first-order chi connectivity index (χ1) is 6.84. The number of rotatable bonds is 0. The Bertz CT molecular complexity index is 275. The Hall–Kier alpha value is -0.300. The molecule has 2 saturated carbocycles. The molecule has 2 fully saturated rings. The molecular formula is C14H24O. The standard InChI is InChI=1S/C14H24O/c1-10-6-5-8-13(2,3)11-7-9-14(4,15)12(10)11/h11-12,15H,1,5-9H2,2-4H3/t11-,12-,14-/m1/s1. The van der Waals surface area contributed by atoms with Gasteiger partial charge in [-0.2, -0.15) is 0 Å². The van der Waals surface area contributed by atoms with Crippen molar-refractivity contribution in [3.63, 3.8) is 0 Å². The van der Waals surface area contributed by atoms with Crippen molar-refractivity contribution in [1.82, 2.24) is 0 Å². The summed E-state index contributed by atoms with van der Waals surface area (Å²) in [4.78, 5) is 0. The quantitative estimate of drug-likeness (QED) is 0.604.